The first-order chi connectivity index (χ1) is 11.2. The second-order valence-corrected chi connectivity index (χ2v) is 5.50. The highest BCUT2D eigenvalue weighted by atomic mass is 16.5. The van der Waals surface area contributed by atoms with Crippen LogP contribution in [-0.4, -0.2) is 58.3 Å². The Hall–Kier alpha value is -2.22. The molecule has 0 aromatic carbocycles. The number of rotatable bonds is 5. The van der Waals surface area contributed by atoms with Gasteiger partial charge in [-0.25, -0.2) is 4.98 Å². The number of methoxy groups -OCH3 is 1. The first-order valence-corrected chi connectivity index (χ1v) is 7.89. The molecule has 1 saturated heterocycles. The molecule has 0 saturated carbocycles. The Morgan fingerprint density at radius 1 is 1.26 bits per heavy atom. The third kappa shape index (κ3) is 3.42. The Labute approximate surface area is 135 Å². The maximum Gasteiger partial charge on any atom is 0.243 e. The molecule has 23 heavy (non-hydrogen) atoms. The average molecular weight is 318 g/mol. The van der Waals surface area contributed by atoms with Crippen LogP contribution in [0, 0.1) is 0 Å². The molecule has 2 aromatic heterocycles. The van der Waals surface area contributed by atoms with Gasteiger partial charge in [-0.05, 0) is 6.92 Å². The second kappa shape index (κ2) is 6.91. The lowest BCUT2D eigenvalue weighted by Gasteiger charge is -2.36. The van der Waals surface area contributed by atoms with Crippen molar-refractivity contribution in [2.75, 3.05) is 38.2 Å². The lowest BCUT2D eigenvalue weighted by molar-refractivity contribution is 0.163. The number of aromatic nitrogens is 4. The quantitative estimate of drug-likeness (QED) is 0.816. The highest BCUT2D eigenvalue weighted by Gasteiger charge is 2.26. The summed E-state index contributed by atoms with van der Waals surface area (Å²) < 4.78 is 10.5. The Bertz CT molecular complexity index is 638. The molecule has 3 rings (SSSR count). The number of nitrogens with zero attached hydrogens (tertiary/aromatic N) is 6. The van der Waals surface area contributed by atoms with Gasteiger partial charge in [0.2, 0.25) is 17.7 Å². The van der Waals surface area contributed by atoms with Crippen molar-refractivity contribution in [3.8, 4) is 5.88 Å². The summed E-state index contributed by atoms with van der Waals surface area (Å²) in [6.07, 6.45) is 2.51. The second-order valence-electron chi connectivity index (χ2n) is 5.50. The summed E-state index contributed by atoms with van der Waals surface area (Å²) in [4.78, 5) is 17.6. The number of hydrogen-bond acceptors (Lipinski definition) is 8. The molecule has 8 heteroatoms. The zero-order valence-electron chi connectivity index (χ0n) is 13.8. The van der Waals surface area contributed by atoms with Gasteiger partial charge in [0.05, 0.1) is 13.2 Å². The molecule has 1 aliphatic heterocycles. The standard InChI is InChI=1S/C15H22N6O2/c1-4-12-17-14(23-19-12)11(2)20-7-9-21(10-8-20)15-16-6-5-13(18-15)22-3/h5-6,11H,4,7-10H2,1-3H3/t11-/m1/s1. The number of aryl methyl sites for hydroxylation is 1. The first kappa shape index (κ1) is 15.7. The van der Waals surface area contributed by atoms with Gasteiger partial charge in [0, 0.05) is 44.9 Å². The predicted molar refractivity (Wildman–Crippen MR) is 84.5 cm³/mol. The van der Waals surface area contributed by atoms with Crippen LogP contribution in [0.3, 0.4) is 0 Å². The lowest BCUT2D eigenvalue weighted by Crippen LogP contribution is -2.47. The van der Waals surface area contributed by atoms with Crippen LogP contribution in [0.4, 0.5) is 5.95 Å². The van der Waals surface area contributed by atoms with Gasteiger partial charge in [-0.15, -0.1) is 0 Å². The van der Waals surface area contributed by atoms with Crippen LogP contribution in [0.5, 0.6) is 5.88 Å². The van der Waals surface area contributed by atoms with Crippen LogP contribution < -0.4 is 9.64 Å². The Morgan fingerprint density at radius 2 is 2.04 bits per heavy atom. The third-order valence-electron chi connectivity index (χ3n) is 4.13. The molecule has 124 valence electrons. The summed E-state index contributed by atoms with van der Waals surface area (Å²) in [5, 5.41) is 3.98. The SMILES string of the molecule is CCc1noc([C@@H](C)N2CCN(c3nccc(OC)n3)CC2)n1. The van der Waals surface area contributed by atoms with Gasteiger partial charge >= 0.3 is 0 Å². The molecule has 0 spiro atoms. The Balaban J connectivity index is 1.61. The minimum atomic E-state index is 0.121. The van der Waals surface area contributed by atoms with Gasteiger partial charge < -0.3 is 14.2 Å². The van der Waals surface area contributed by atoms with E-state index >= 15 is 0 Å². The zero-order chi connectivity index (χ0) is 16.2. The highest BCUT2D eigenvalue weighted by molar-refractivity contribution is 5.32. The molecule has 3 heterocycles. The molecule has 0 unspecified atom stereocenters. The molecule has 0 radical (unpaired) electrons. The molecule has 1 aliphatic rings. The number of hydrogen-bond donors (Lipinski definition) is 0. The van der Waals surface area contributed by atoms with Gasteiger partial charge in [-0.3, -0.25) is 4.90 Å². The normalized spacial score (nSPS) is 17.3. The zero-order valence-corrected chi connectivity index (χ0v) is 13.8. The van der Waals surface area contributed by atoms with E-state index in [2.05, 4.69) is 36.8 Å². The maximum atomic E-state index is 5.35. The molecule has 0 N–H and O–H groups in total. The minimum absolute atomic E-state index is 0.121. The van der Waals surface area contributed by atoms with E-state index in [1.54, 1.807) is 19.4 Å². The fraction of sp³-hybridized carbons (Fsp3) is 0.600. The summed E-state index contributed by atoms with van der Waals surface area (Å²) in [5.41, 5.74) is 0. The molecular weight excluding hydrogens is 296 g/mol. The average Bonchev–Trinajstić information content (AvgIpc) is 3.10. The van der Waals surface area contributed by atoms with Crippen LogP contribution in [0.2, 0.25) is 0 Å². The van der Waals surface area contributed by atoms with E-state index in [1.807, 2.05) is 6.92 Å². The number of ether oxygens (including phenoxy) is 1. The molecule has 8 nitrogen and oxygen atoms in total. The Kier molecular flexibility index (Phi) is 4.71. The van der Waals surface area contributed by atoms with Gasteiger partial charge in [-0.1, -0.05) is 12.1 Å². The van der Waals surface area contributed by atoms with Crippen LogP contribution in [0.25, 0.3) is 0 Å². The summed E-state index contributed by atoms with van der Waals surface area (Å²) >= 11 is 0. The van der Waals surface area contributed by atoms with Crippen molar-refractivity contribution in [2.24, 2.45) is 0 Å². The minimum Gasteiger partial charge on any atom is -0.481 e. The van der Waals surface area contributed by atoms with E-state index < -0.39 is 0 Å². The van der Waals surface area contributed by atoms with Crippen LogP contribution in [0.15, 0.2) is 16.8 Å². The van der Waals surface area contributed by atoms with Crippen LogP contribution in [-0.2, 0) is 6.42 Å². The molecule has 0 amide bonds. The summed E-state index contributed by atoms with van der Waals surface area (Å²) in [5.74, 6) is 2.75. The van der Waals surface area contributed by atoms with Crippen LogP contribution in [0.1, 0.15) is 31.6 Å². The number of anilines is 1. The van der Waals surface area contributed by atoms with Gasteiger partial charge in [0.1, 0.15) is 0 Å². The van der Waals surface area contributed by atoms with Crippen molar-refractivity contribution in [1.29, 1.82) is 0 Å². The molecule has 1 atom stereocenters. The van der Waals surface area contributed by atoms with E-state index in [1.165, 1.54) is 0 Å². The van der Waals surface area contributed by atoms with Crippen LogP contribution >= 0.6 is 0 Å². The van der Waals surface area contributed by atoms with E-state index in [9.17, 15) is 0 Å². The summed E-state index contributed by atoms with van der Waals surface area (Å²) in [6, 6.07) is 1.87. The third-order valence-corrected chi connectivity index (χ3v) is 4.13. The van der Waals surface area contributed by atoms with E-state index in [0.29, 0.717) is 17.7 Å². The van der Waals surface area contributed by atoms with Gasteiger partial charge in [0.25, 0.3) is 0 Å². The van der Waals surface area contributed by atoms with Crippen molar-refractivity contribution in [1.82, 2.24) is 25.0 Å². The fourth-order valence-electron chi connectivity index (χ4n) is 2.64. The Morgan fingerprint density at radius 3 is 2.70 bits per heavy atom. The van der Waals surface area contributed by atoms with Crippen molar-refractivity contribution < 1.29 is 9.26 Å². The van der Waals surface area contributed by atoms with Gasteiger partial charge in [0.15, 0.2) is 5.82 Å². The van der Waals surface area contributed by atoms with Crippen molar-refractivity contribution in [3.05, 3.63) is 24.0 Å². The lowest BCUT2D eigenvalue weighted by atomic mass is 10.2. The van der Waals surface area contributed by atoms with Crippen molar-refractivity contribution >= 4 is 5.95 Å². The summed E-state index contributed by atoms with van der Waals surface area (Å²) in [7, 11) is 1.61. The highest BCUT2D eigenvalue weighted by Crippen LogP contribution is 2.22. The van der Waals surface area contributed by atoms with E-state index in [-0.39, 0.29) is 6.04 Å². The predicted octanol–water partition coefficient (Wildman–Crippen LogP) is 1.31. The largest absolute Gasteiger partial charge is 0.481 e. The van der Waals surface area contributed by atoms with E-state index in [0.717, 1.165) is 38.4 Å². The monoisotopic (exact) mass is 318 g/mol. The first-order valence-electron chi connectivity index (χ1n) is 7.89. The molecule has 0 aliphatic carbocycles. The smallest absolute Gasteiger partial charge is 0.243 e. The maximum absolute atomic E-state index is 5.35. The van der Waals surface area contributed by atoms with E-state index in [4.69, 9.17) is 9.26 Å². The molecule has 1 fully saturated rings. The van der Waals surface area contributed by atoms with Crippen molar-refractivity contribution in [3.63, 3.8) is 0 Å². The molecular formula is C15H22N6O2. The van der Waals surface area contributed by atoms with Crippen molar-refractivity contribution in [2.45, 2.75) is 26.3 Å². The summed E-state index contributed by atoms with van der Waals surface area (Å²) in [6.45, 7) is 7.62. The molecule has 2 aromatic rings. The topological polar surface area (TPSA) is 80.4 Å². The molecule has 0 bridgehead atoms. The van der Waals surface area contributed by atoms with Gasteiger partial charge in [-0.2, -0.15) is 9.97 Å². The number of piperazine rings is 1. The fourth-order valence-corrected chi connectivity index (χ4v) is 2.64.